The molecular weight excluding hydrogens is 295 g/mol. The van der Waals surface area contributed by atoms with Gasteiger partial charge in [-0.1, -0.05) is 15.9 Å². The van der Waals surface area contributed by atoms with E-state index in [0.717, 1.165) is 6.07 Å². The molecule has 0 amide bonds. The molecule has 0 atom stereocenters. The van der Waals surface area contributed by atoms with Crippen molar-refractivity contribution in [3.8, 4) is 0 Å². The summed E-state index contributed by atoms with van der Waals surface area (Å²) in [5.74, 6) is 0. The Morgan fingerprint density at radius 1 is 1.18 bits per heavy atom. The summed E-state index contributed by atoms with van der Waals surface area (Å²) in [6.45, 7) is 6.30. The molecule has 1 nitrogen and oxygen atoms in total. The summed E-state index contributed by atoms with van der Waals surface area (Å²) in [6.07, 6.45) is -4.29. The van der Waals surface area contributed by atoms with Crippen LogP contribution in [0, 0.1) is 0 Å². The van der Waals surface area contributed by atoms with Crippen LogP contribution in [0.25, 0.3) is 0 Å². The lowest BCUT2D eigenvalue weighted by molar-refractivity contribution is -0.137. The van der Waals surface area contributed by atoms with Crippen LogP contribution in [-0.2, 0) is 12.7 Å². The molecule has 0 aliphatic carbocycles. The third-order valence-electron chi connectivity index (χ3n) is 2.18. The molecule has 1 N–H and O–H groups in total. The van der Waals surface area contributed by atoms with E-state index in [1.807, 2.05) is 20.8 Å². The van der Waals surface area contributed by atoms with Gasteiger partial charge in [-0.3, -0.25) is 0 Å². The van der Waals surface area contributed by atoms with Gasteiger partial charge in [0.15, 0.2) is 0 Å². The van der Waals surface area contributed by atoms with Gasteiger partial charge in [0.1, 0.15) is 0 Å². The van der Waals surface area contributed by atoms with Crippen molar-refractivity contribution in [1.82, 2.24) is 5.32 Å². The standard InChI is InChI=1S/C12H15BrF3N/c1-11(2,3)17-7-8-6-9(12(14,15)16)4-5-10(8)13/h4-6,17H,7H2,1-3H3. The Bertz CT molecular complexity index is 394. The van der Waals surface area contributed by atoms with Crippen LogP contribution in [0.5, 0.6) is 0 Å². The van der Waals surface area contributed by atoms with Crippen molar-refractivity contribution in [2.75, 3.05) is 0 Å². The van der Waals surface area contributed by atoms with E-state index < -0.39 is 11.7 Å². The molecule has 0 spiro atoms. The molecule has 1 rings (SSSR count). The van der Waals surface area contributed by atoms with Crippen molar-refractivity contribution < 1.29 is 13.2 Å². The Kier molecular flexibility index (Phi) is 4.25. The first-order chi connectivity index (χ1) is 7.59. The predicted octanol–water partition coefficient (Wildman–Crippen LogP) is 4.36. The predicted molar refractivity (Wildman–Crippen MR) is 65.7 cm³/mol. The lowest BCUT2D eigenvalue weighted by Gasteiger charge is -2.21. The Morgan fingerprint density at radius 3 is 2.24 bits per heavy atom. The molecular formula is C12H15BrF3N. The highest BCUT2D eigenvalue weighted by Gasteiger charge is 2.30. The molecule has 0 heterocycles. The van der Waals surface area contributed by atoms with Gasteiger partial charge in [0, 0.05) is 16.6 Å². The topological polar surface area (TPSA) is 12.0 Å². The minimum absolute atomic E-state index is 0.131. The molecule has 0 saturated heterocycles. The van der Waals surface area contributed by atoms with Crippen molar-refractivity contribution in [2.24, 2.45) is 0 Å². The van der Waals surface area contributed by atoms with E-state index >= 15 is 0 Å². The molecule has 0 radical (unpaired) electrons. The number of hydrogen-bond acceptors (Lipinski definition) is 1. The van der Waals surface area contributed by atoms with Crippen LogP contribution in [0.4, 0.5) is 13.2 Å². The fourth-order valence-electron chi connectivity index (χ4n) is 1.25. The zero-order valence-corrected chi connectivity index (χ0v) is 11.5. The molecule has 1 aromatic carbocycles. The molecule has 5 heteroatoms. The van der Waals surface area contributed by atoms with Gasteiger partial charge in [0.25, 0.3) is 0 Å². The van der Waals surface area contributed by atoms with E-state index in [4.69, 9.17) is 0 Å². The number of hydrogen-bond donors (Lipinski definition) is 1. The molecule has 0 bridgehead atoms. The Morgan fingerprint density at radius 2 is 1.76 bits per heavy atom. The molecule has 96 valence electrons. The summed E-state index contributed by atoms with van der Waals surface area (Å²) >= 11 is 3.26. The van der Waals surface area contributed by atoms with Crippen LogP contribution in [0.1, 0.15) is 31.9 Å². The van der Waals surface area contributed by atoms with Gasteiger partial charge in [-0.25, -0.2) is 0 Å². The summed E-state index contributed by atoms with van der Waals surface area (Å²) in [6, 6.07) is 3.68. The van der Waals surface area contributed by atoms with Crippen molar-refractivity contribution >= 4 is 15.9 Å². The molecule has 0 saturated carbocycles. The SMILES string of the molecule is CC(C)(C)NCc1cc(C(F)(F)F)ccc1Br. The zero-order valence-electron chi connectivity index (χ0n) is 9.95. The second-order valence-corrected chi connectivity index (χ2v) is 5.76. The van der Waals surface area contributed by atoms with Crippen LogP contribution >= 0.6 is 15.9 Å². The number of alkyl halides is 3. The molecule has 0 fully saturated rings. The van der Waals surface area contributed by atoms with Crippen molar-refractivity contribution in [2.45, 2.75) is 39.0 Å². The van der Waals surface area contributed by atoms with E-state index in [9.17, 15) is 13.2 Å². The first kappa shape index (κ1) is 14.5. The van der Waals surface area contributed by atoms with E-state index in [-0.39, 0.29) is 5.54 Å². The summed E-state index contributed by atoms with van der Waals surface area (Å²) in [7, 11) is 0. The smallest absolute Gasteiger partial charge is 0.308 e. The fourth-order valence-corrected chi connectivity index (χ4v) is 1.63. The largest absolute Gasteiger partial charge is 0.416 e. The maximum atomic E-state index is 12.5. The average molecular weight is 310 g/mol. The molecule has 0 aliphatic heterocycles. The Balaban J connectivity index is 2.92. The van der Waals surface area contributed by atoms with Crippen LogP contribution in [-0.4, -0.2) is 5.54 Å². The number of rotatable bonds is 2. The van der Waals surface area contributed by atoms with E-state index in [1.165, 1.54) is 12.1 Å². The molecule has 17 heavy (non-hydrogen) atoms. The van der Waals surface area contributed by atoms with Crippen molar-refractivity contribution in [3.63, 3.8) is 0 Å². The zero-order chi connectivity index (χ0) is 13.3. The molecule has 0 aliphatic rings. The molecule has 1 aromatic rings. The van der Waals surface area contributed by atoms with Crippen LogP contribution in [0.2, 0.25) is 0 Å². The van der Waals surface area contributed by atoms with Crippen LogP contribution < -0.4 is 5.32 Å². The summed E-state index contributed by atoms with van der Waals surface area (Å²) in [4.78, 5) is 0. The average Bonchev–Trinajstić information content (AvgIpc) is 2.13. The van der Waals surface area contributed by atoms with Gasteiger partial charge in [0.2, 0.25) is 0 Å². The highest BCUT2D eigenvalue weighted by Crippen LogP contribution is 2.31. The summed E-state index contributed by atoms with van der Waals surface area (Å²) in [5.41, 5.74) is -0.144. The van der Waals surface area contributed by atoms with E-state index in [1.54, 1.807) is 0 Å². The highest BCUT2D eigenvalue weighted by molar-refractivity contribution is 9.10. The van der Waals surface area contributed by atoms with E-state index in [2.05, 4.69) is 21.2 Å². The number of halogens is 4. The highest BCUT2D eigenvalue weighted by atomic mass is 79.9. The second-order valence-electron chi connectivity index (χ2n) is 4.91. The third kappa shape index (κ3) is 4.68. The minimum atomic E-state index is -4.29. The Labute approximate surface area is 108 Å². The van der Waals surface area contributed by atoms with E-state index in [0.29, 0.717) is 16.6 Å². The molecule has 0 unspecified atom stereocenters. The maximum absolute atomic E-state index is 12.5. The van der Waals surface area contributed by atoms with Crippen LogP contribution in [0.3, 0.4) is 0 Å². The minimum Gasteiger partial charge on any atom is -0.308 e. The second kappa shape index (κ2) is 4.98. The fraction of sp³-hybridized carbons (Fsp3) is 0.500. The normalized spacial score (nSPS) is 12.9. The Hall–Kier alpha value is -0.550. The first-order valence-electron chi connectivity index (χ1n) is 5.20. The van der Waals surface area contributed by atoms with Gasteiger partial charge in [-0.2, -0.15) is 13.2 Å². The first-order valence-corrected chi connectivity index (χ1v) is 5.99. The summed E-state index contributed by atoms with van der Waals surface area (Å²) < 4.78 is 38.3. The van der Waals surface area contributed by atoms with Crippen LogP contribution in [0.15, 0.2) is 22.7 Å². The number of benzene rings is 1. The van der Waals surface area contributed by atoms with Crippen molar-refractivity contribution in [1.29, 1.82) is 0 Å². The maximum Gasteiger partial charge on any atom is 0.416 e. The van der Waals surface area contributed by atoms with Gasteiger partial charge in [-0.05, 0) is 44.5 Å². The van der Waals surface area contributed by atoms with Crippen molar-refractivity contribution in [3.05, 3.63) is 33.8 Å². The van der Waals surface area contributed by atoms with Gasteiger partial charge < -0.3 is 5.32 Å². The van der Waals surface area contributed by atoms with Gasteiger partial charge >= 0.3 is 6.18 Å². The third-order valence-corrected chi connectivity index (χ3v) is 2.96. The lowest BCUT2D eigenvalue weighted by Crippen LogP contribution is -2.35. The van der Waals surface area contributed by atoms with Gasteiger partial charge in [-0.15, -0.1) is 0 Å². The molecule has 0 aromatic heterocycles. The summed E-state index contributed by atoms with van der Waals surface area (Å²) in [5, 5.41) is 3.16. The quantitative estimate of drug-likeness (QED) is 0.856. The van der Waals surface area contributed by atoms with Gasteiger partial charge in [0.05, 0.1) is 5.56 Å². The number of nitrogens with one attached hydrogen (secondary N) is 1. The monoisotopic (exact) mass is 309 g/mol. The lowest BCUT2D eigenvalue weighted by atomic mass is 10.1.